The Hall–Kier alpha value is -1.45. The Morgan fingerprint density at radius 3 is 2.56 bits per heavy atom. The molecule has 0 bridgehead atoms. The number of ether oxygens (including phenoxy) is 1. The molecular formula is C12H18N2O2. The summed E-state index contributed by atoms with van der Waals surface area (Å²) in [6.07, 6.45) is 1.54. The first-order valence-electron chi connectivity index (χ1n) is 5.37. The summed E-state index contributed by atoms with van der Waals surface area (Å²) >= 11 is 0. The van der Waals surface area contributed by atoms with E-state index < -0.39 is 0 Å². The average molecular weight is 222 g/mol. The van der Waals surface area contributed by atoms with Crippen molar-refractivity contribution in [2.24, 2.45) is 0 Å². The molecule has 0 saturated carbocycles. The lowest BCUT2D eigenvalue weighted by Crippen LogP contribution is -2.21. The zero-order chi connectivity index (χ0) is 12.3. The maximum atomic E-state index is 11.7. The van der Waals surface area contributed by atoms with Gasteiger partial charge in [-0.3, -0.25) is 0 Å². The van der Waals surface area contributed by atoms with Crippen LogP contribution in [0.5, 0.6) is 0 Å². The summed E-state index contributed by atoms with van der Waals surface area (Å²) in [6, 6.07) is 0. The maximum Gasteiger partial charge on any atom is 0.341 e. The monoisotopic (exact) mass is 222 g/mol. The highest BCUT2D eigenvalue weighted by Crippen LogP contribution is 2.24. The molecule has 0 atom stereocenters. The number of hydrogen-bond acceptors (Lipinski definition) is 4. The van der Waals surface area contributed by atoms with Crippen molar-refractivity contribution in [3.63, 3.8) is 0 Å². The van der Waals surface area contributed by atoms with E-state index in [1.54, 1.807) is 13.1 Å². The van der Waals surface area contributed by atoms with Gasteiger partial charge in [0, 0.05) is 11.6 Å². The summed E-state index contributed by atoms with van der Waals surface area (Å²) in [5.41, 5.74) is 0.994. The number of hydrogen-bond donors (Lipinski definition) is 0. The van der Waals surface area contributed by atoms with Crippen LogP contribution in [-0.4, -0.2) is 22.5 Å². The first-order valence-corrected chi connectivity index (χ1v) is 5.37. The van der Waals surface area contributed by atoms with Crippen molar-refractivity contribution in [2.45, 2.75) is 40.0 Å². The predicted molar refractivity (Wildman–Crippen MR) is 61.4 cm³/mol. The second kappa shape index (κ2) is 4.60. The van der Waals surface area contributed by atoms with Crippen molar-refractivity contribution in [1.82, 2.24) is 9.97 Å². The Morgan fingerprint density at radius 2 is 2.06 bits per heavy atom. The number of aryl methyl sites for hydroxylation is 1. The van der Waals surface area contributed by atoms with Gasteiger partial charge in [-0.25, -0.2) is 14.8 Å². The molecule has 0 aliphatic carbocycles. The first-order chi connectivity index (χ1) is 7.36. The number of carbonyl (C=O) groups is 1. The fraction of sp³-hybridized carbons (Fsp3) is 0.583. The average Bonchev–Trinajstić information content (AvgIpc) is 2.16. The van der Waals surface area contributed by atoms with Crippen molar-refractivity contribution in [1.29, 1.82) is 0 Å². The highest BCUT2D eigenvalue weighted by Gasteiger charge is 2.24. The van der Waals surface area contributed by atoms with Crippen LogP contribution in [0.2, 0.25) is 0 Å². The summed E-state index contributed by atoms with van der Waals surface area (Å²) in [4.78, 5) is 20.1. The van der Waals surface area contributed by atoms with Crippen molar-refractivity contribution in [3.05, 3.63) is 23.3 Å². The van der Waals surface area contributed by atoms with Crippen molar-refractivity contribution < 1.29 is 9.53 Å². The molecule has 88 valence electrons. The van der Waals surface area contributed by atoms with Crippen molar-refractivity contribution >= 4 is 5.97 Å². The van der Waals surface area contributed by atoms with Crippen LogP contribution in [0, 0.1) is 6.92 Å². The van der Waals surface area contributed by atoms with Gasteiger partial charge in [-0.05, 0) is 13.8 Å². The Bertz CT molecular complexity index is 394. The van der Waals surface area contributed by atoms with Gasteiger partial charge in [-0.15, -0.1) is 0 Å². The van der Waals surface area contributed by atoms with Gasteiger partial charge in [0.05, 0.1) is 12.3 Å². The SMILES string of the molecule is CCOC(=O)c1cnc(C)nc1C(C)(C)C. The van der Waals surface area contributed by atoms with Gasteiger partial charge in [0.2, 0.25) is 0 Å². The van der Waals surface area contributed by atoms with Gasteiger partial charge >= 0.3 is 5.97 Å². The first kappa shape index (κ1) is 12.6. The molecule has 1 rings (SSSR count). The number of aromatic nitrogens is 2. The lowest BCUT2D eigenvalue weighted by molar-refractivity contribution is 0.0522. The van der Waals surface area contributed by atoms with Gasteiger partial charge in [0.15, 0.2) is 0 Å². The lowest BCUT2D eigenvalue weighted by Gasteiger charge is -2.20. The van der Waals surface area contributed by atoms with E-state index in [0.29, 0.717) is 18.0 Å². The van der Waals surface area contributed by atoms with E-state index in [1.807, 2.05) is 27.7 Å². The van der Waals surface area contributed by atoms with E-state index >= 15 is 0 Å². The molecule has 4 heteroatoms. The van der Waals surface area contributed by atoms with Gasteiger partial charge < -0.3 is 4.74 Å². The fourth-order valence-corrected chi connectivity index (χ4v) is 1.40. The molecule has 0 aromatic carbocycles. The van der Waals surface area contributed by atoms with E-state index in [9.17, 15) is 4.79 Å². The van der Waals surface area contributed by atoms with E-state index in [4.69, 9.17) is 4.74 Å². The van der Waals surface area contributed by atoms with Crippen LogP contribution in [0.15, 0.2) is 6.20 Å². The van der Waals surface area contributed by atoms with Crippen LogP contribution in [0.4, 0.5) is 0 Å². The summed E-state index contributed by atoms with van der Waals surface area (Å²) in [6.45, 7) is 9.98. The Balaban J connectivity index is 3.23. The Morgan fingerprint density at radius 1 is 1.44 bits per heavy atom. The third kappa shape index (κ3) is 2.78. The highest BCUT2D eigenvalue weighted by atomic mass is 16.5. The maximum absolute atomic E-state index is 11.7. The normalized spacial score (nSPS) is 11.3. The summed E-state index contributed by atoms with van der Waals surface area (Å²) in [5, 5.41) is 0. The minimum Gasteiger partial charge on any atom is -0.462 e. The van der Waals surface area contributed by atoms with Crippen molar-refractivity contribution in [3.8, 4) is 0 Å². The van der Waals surface area contributed by atoms with Crippen molar-refractivity contribution in [2.75, 3.05) is 6.61 Å². The van der Waals surface area contributed by atoms with Gasteiger partial charge in [0.1, 0.15) is 11.4 Å². The molecule has 0 aliphatic heterocycles. The Kier molecular flexibility index (Phi) is 3.62. The standard InChI is InChI=1S/C12H18N2O2/c1-6-16-11(15)9-7-13-8(2)14-10(9)12(3,4)5/h7H,6H2,1-5H3. The molecule has 0 aliphatic rings. The molecule has 1 heterocycles. The zero-order valence-electron chi connectivity index (χ0n) is 10.5. The lowest BCUT2D eigenvalue weighted by atomic mass is 9.89. The predicted octanol–water partition coefficient (Wildman–Crippen LogP) is 2.26. The minimum atomic E-state index is -0.354. The van der Waals surface area contributed by atoms with E-state index in [-0.39, 0.29) is 11.4 Å². The topological polar surface area (TPSA) is 52.1 Å². The van der Waals surface area contributed by atoms with E-state index in [0.717, 1.165) is 5.69 Å². The van der Waals surface area contributed by atoms with E-state index in [2.05, 4.69) is 9.97 Å². The van der Waals surface area contributed by atoms with E-state index in [1.165, 1.54) is 0 Å². The molecule has 16 heavy (non-hydrogen) atoms. The molecule has 4 nitrogen and oxygen atoms in total. The molecule has 0 fully saturated rings. The molecule has 0 unspecified atom stereocenters. The summed E-state index contributed by atoms with van der Waals surface area (Å²) in [7, 11) is 0. The van der Waals surface area contributed by atoms with Gasteiger partial charge in [-0.2, -0.15) is 0 Å². The van der Waals surface area contributed by atoms with Gasteiger partial charge in [-0.1, -0.05) is 20.8 Å². The van der Waals surface area contributed by atoms with Crippen LogP contribution in [-0.2, 0) is 10.2 Å². The molecule has 0 amide bonds. The third-order valence-corrected chi connectivity index (χ3v) is 2.11. The highest BCUT2D eigenvalue weighted by molar-refractivity contribution is 5.90. The molecule has 0 radical (unpaired) electrons. The van der Waals surface area contributed by atoms with Gasteiger partial charge in [0.25, 0.3) is 0 Å². The molecule has 1 aromatic rings. The largest absolute Gasteiger partial charge is 0.462 e. The fourth-order valence-electron chi connectivity index (χ4n) is 1.40. The minimum absolute atomic E-state index is 0.199. The molecule has 1 aromatic heterocycles. The second-order valence-corrected chi connectivity index (χ2v) is 4.65. The number of rotatable bonds is 2. The Labute approximate surface area is 96.1 Å². The molecule has 0 saturated heterocycles. The van der Waals surface area contributed by atoms with Crippen LogP contribution in [0.3, 0.4) is 0 Å². The van der Waals surface area contributed by atoms with Crippen LogP contribution >= 0.6 is 0 Å². The number of nitrogens with zero attached hydrogens (tertiary/aromatic N) is 2. The molecule has 0 spiro atoms. The molecule has 0 N–H and O–H groups in total. The second-order valence-electron chi connectivity index (χ2n) is 4.65. The van der Waals surface area contributed by atoms with Crippen LogP contribution in [0.25, 0.3) is 0 Å². The molecular weight excluding hydrogens is 204 g/mol. The van der Waals surface area contributed by atoms with Crippen LogP contribution < -0.4 is 0 Å². The number of carbonyl (C=O) groups excluding carboxylic acids is 1. The quantitative estimate of drug-likeness (QED) is 0.720. The summed E-state index contributed by atoms with van der Waals surface area (Å²) in [5.74, 6) is 0.311. The number of esters is 1. The zero-order valence-corrected chi connectivity index (χ0v) is 10.5. The third-order valence-electron chi connectivity index (χ3n) is 2.11. The van der Waals surface area contributed by atoms with Crippen LogP contribution in [0.1, 0.15) is 49.6 Å². The smallest absolute Gasteiger partial charge is 0.341 e. The summed E-state index contributed by atoms with van der Waals surface area (Å²) < 4.78 is 4.98.